The molecule has 0 saturated carbocycles. The Kier molecular flexibility index (Phi) is 3.54. The Bertz CT molecular complexity index is 797. The molecule has 20 heavy (non-hydrogen) atoms. The van der Waals surface area contributed by atoms with Crippen molar-refractivity contribution in [2.24, 2.45) is 0 Å². The maximum Gasteiger partial charge on any atom is 0.125 e. The molecular formula is C15H12FNOS2. The van der Waals surface area contributed by atoms with E-state index in [-0.39, 0.29) is 5.69 Å². The second-order valence-electron chi connectivity index (χ2n) is 4.43. The molecule has 1 heterocycles. The average molecular weight is 305 g/mol. The van der Waals surface area contributed by atoms with Crippen molar-refractivity contribution in [2.75, 3.05) is 5.73 Å². The fourth-order valence-electron chi connectivity index (χ4n) is 2.09. The maximum atomic E-state index is 13.0. The SMILES string of the molecule is Nc1cc(F)ccc1S(=O)Cc1csc2ccccc12. The van der Waals surface area contributed by atoms with Crippen LogP contribution in [-0.4, -0.2) is 4.21 Å². The van der Waals surface area contributed by atoms with Gasteiger partial charge in [0.25, 0.3) is 0 Å². The smallest absolute Gasteiger partial charge is 0.125 e. The van der Waals surface area contributed by atoms with Crippen LogP contribution in [0, 0.1) is 5.82 Å². The van der Waals surface area contributed by atoms with E-state index < -0.39 is 16.6 Å². The van der Waals surface area contributed by atoms with Crippen LogP contribution in [0.25, 0.3) is 10.1 Å². The van der Waals surface area contributed by atoms with Crippen LogP contribution in [0.1, 0.15) is 5.56 Å². The fourth-order valence-corrected chi connectivity index (χ4v) is 4.38. The fraction of sp³-hybridized carbons (Fsp3) is 0.0667. The van der Waals surface area contributed by atoms with E-state index in [1.54, 1.807) is 11.3 Å². The van der Waals surface area contributed by atoms with Crippen LogP contribution in [0.5, 0.6) is 0 Å². The summed E-state index contributed by atoms with van der Waals surface area (Å²) >= 11 is 1.63. The van der Waals surface area contributed by atoms with Gasteiger partial charge in [0, 0.05) is 4.70 Å². The van der Waals surface area contributed by atoms with E-state index >= 15 is 0 Å². The Morgan fingerprint density at radius 1 is 1.20 bits per heavy atom. The van der Waals surface area contributed by atoms with Crippen LogP contribution in [-0.2, 0) is 16.6 Å². The van der Waals surface area contributed by atoms with Gasteiger partial charge in [-0.3, -0.25) is 4.21 Å². The summed E-state index contributed by atoms with van der Waals surface area (Å²) < 4.78 is 26.6. The molecule has 2 nitrogen and oxygen atoms in total. The number of rotatable bonds is 3. The third-order valence-corrected chi connectivity index (χ3v) is 5.51. The molecule has 0 fully saturated rings. The number of nitrogens with two attached hydrogens (primary N) is 1. The molecule has 0 amide bonds. The molecule has 3 aromatic rings. The Morgan fingerprint density at radius 3 is 2.80 bits per heavy atom. The number of hydrogen-bond acceptors (Lipinski definition) is 3. The largest absolute Gasteiger partial charge is 0.398 e. The van der Waals surface area contributed by atoms with Crippen molar-refractivity contribution in [2.45, 2.75) is 10.6 Å². The first-order chi connectivity index (χ1) is 9.65. The monoisotopic (exact) mass is 305 g/mol. The number of thiophene rings is 1. The van der Waals surface area contributed by atoms with E-state index in [4.69, 9.17) is 5.73 Å². The highest BCUT2D eigenvalue weighted by Gasteiger charge is 2.12. The molecule has 0 bridgehead atoms. The summed E-state index contributed by atoms with van der Waals surface area (Å²) in [6.45, 7) is 0. The molecule has 1 atom stereocenters. The van der Waals surface area contributed by atoms with Gasteiger partial charge in [-0.2, -0.15) is 0 Å². The standard InChI is InChI=1S/C15H12FNOS2/c16-11-5-6-15(13(17)7-11)20(18)9-10-8-19-14-4-2-1-3-12(10)14/h1-8H,9,17H2. The van der Waals surface area contributed by atoms with Gasteiger partial charge in [-0.05, 0) is 40.6 Å². The summed E-state index contributed by atoms with van der Waals surface area (Å²) in [5.74, 6) is -0.0240. The Balaban J connectivity index is 1.92. The van der Waals surface area contributed by atoms with E-state index in [2.05, 4.69) is 0 Å². The van der Waals surface area contributed by atoms with Gasteiger partial charge < -0.3 is 5.73 Å². The molecule has 5 heteroatoms. The van der Waals surface area contributed by atoms with Crippen molar-refractivity contribution >= 4 is 37.9 Å². The van der Waals surface area contributed by atoms with Crippen molar-refractivity contribution in [3.63, 3.8) is 0 Å². The predicted molar refractivity (Wildman–Crippen MR) is 82.7 cm³/mol. The van der Waals surface area contributed by atoms with Crippen LogP contribution >= 0.6 is 11.3 Å². The van der Waals surface area contributed by atoms with Crippen molar-refractivity contribution < 1.29 is 8.60 Å². The Hall–Kier alpha value is -1.72. The lowest BCUT2D eigenvalue weighted by molar-refractivity contribution is 0.627. The number of nitrogen functional groups attached to an aromatic ring is 1. The van der Waals surface area contributed by atoms with Gasteiger partial charge in [-0.1, -0.05) is 18.2 Å². The molecule has 3 rings (SSSR count). The molecule has 0 saturated heterocycles. The number of benzene rings is 2. The summed E-state index contributed by atoms with van der Waals surface area (Å²) in [7, 11) is -1.27. The van der Waals surface area contributed by atoms with Crippen LogP contribution in [0.15, 0.2) is 52.7 Å². The Labute approximate surface area is 122 Å². The number of halogens is 1. The highest BCUT2D eigenvalue weighted by Crippen LogP contribution is 2.28. The number of fused-ring (bicyclic) bond motifs is 1. The molecular weight excluding hydrogens is 293 g/mol. The average Bonchev–Trinajstić information content (AvgIpc) is 2.82. The zero-order chi connectivity index (χ0) is 14.1. The molecule has 2 aromatic carbocycles. The van der Waals surface area contributed by atoms with Gasteiger partial charge in [0.05, 0.1) is 27.1 Å². The van der Waals surface area contributed by atoms with E-state index in [0.29, 0.717) is 10.6 Å². The lowest BCUT2D eigenvalue weighted by Crippen LogP contribution is -2.01. The molecule has 0 aliphatic carbocycles. The van der Waals surface area contributed by atoms with Gasteiger partial charge in [-0.15, -0.1) is 11.3 Å². The van der Waals surface area contributed by atoms with E-state index in [0.717, 1.165) is 10.9 Å². The van der Waals surface area contributed by atoms with Crippen LogP contribution < -0.4 is 5.73 Å². The molecule has 0 aliphatic rings. The summed E-state index contributed by atoms with van der Waals surface area (Å²) in [6.07, 6.45) is 0. The molecule has 0 aliphatic heterocycles. The third kappa shape index (κ3) is 2.46. The predicted octanol–water partition coefficient (Wildman–Crippen LogP) is 3.93. The Morgan fingerprint density at radius 2 is 2.00 bits per heavy atom. The zero-order valence-electron chi connectivity index (χ0n) is 10.5. The second-order valence-corrected chi connectivity index (χ2v) is 6.76. The lowest BCUT2D eigenvalue weighted by Gasteiger charge is -2.05. The molecule has 1 aromatic heterocycles. The van der Waals surface area contributed by atoms with E-state index in [1.807, 2.05) is 29.6 Å². The van der Waals surface area contributed by atoms with Gasteiger partial charge in [0.15, 0.2) is 0 Å². The first-order valence-electron chi connectivity index (χ1n) is 6.03. The van der Waals surface area contributed by atoms with Crippen LogP contribution in [0.2, 0.25) is 0 Å². The first-order valence-corrected chi connectivity index (χ1v) is 8.23. The maximum absolute atomic E-state index is 13.0. The van der Waals surface area contributed by atoms with Gasteiger partial charge in [0.2, 0.25) is 0 Å². The molecule has 2 N–H and O–H groups in total. The van der Waals surface area contributed by atoms with Gasteiger partial charge in [-0.25, -0.2) is 4.39 Å². The van der Waals surface area contributed by atoms with E-state index in [9.17, 15) is 8.60 Å². The molecule has 102 valence electrons. The molecule has 0 spiro atoms. The minimum absolute atomic E-state index is 0.239. The summed E-state index contributed by atoms with van der Waals surface area (Å²) in [4.78, 5) is 0.488. The summed E-state index contributed by atoms with van der Waals surface area (Å²) in [6, 6.07) is 12.0. The lowest BCUT2D eigenvalue weighted by atomic mass is 10.2. The van der Waals surface area contributed by atoms with Crippen LogP contribution in [0.4, 0.5) is 10.1 Å². The zero-order valence-corrected chi connectivity index (χ0v) is 12.1. The summed E-state index contributed by atoms with van der Waals surface area (Å²) in [5.41, 5.74) is 7.01. The molecule has 1 unspecified atom stereocenters. The van der Waals surface area contributed by atoms with Crippen molar-refractivity contribution in [3.8, 4) is 0 Å². The molecule has 0 radical (unpaired) electrons. The van der Waals surface area contributed by atoms with Crippen molar-refractivity contribution in [1.29, 1.82) is 0 Å². The number of hydrogen-bond donors (Lipinski definition) is 1. The van der Waals surface area contributed by atoms with Crippen LogP contribution in [0.3, 0.4) is 0 Å². The number of anilines is 1. The quantitative estimate of drug-likeness (QED) is 0.745. The highest BCUT2D eigenvalue weighted by atomic mass is 32.2. The minimum atomic E-state index is -1.27. The minimum Gasteiger partial charge on any atom is -0.398 e. The van der Waals surface area contributed by atoms with Gasteiger partial charge in [0.1, 0.15) is 5.82 Å². The van der Waals surface area contributed by atoms with Crippen molar-refractivity contribution in [3.05, 3.63) is 59.2 Å². The van der Waals surface area contributed by atoms with Crippen molar-refractivity contribution in [1.82, 2.24) is 0 Å². The second kappa shape index (κ2) is 5.34. The highest BCUT2D eigenvalue weighted by molar-refractivity contribution is 7.84. The van der Waals surface area contributed by atoms with Gasteiger partial charge >= 0.3 is 0 Å². The first kappa shape index (κ1) is 13.3. The third-order valence-electron chi connectivity index (χ3n) is 3.06. The summed E-state index contributed by atoms with van der Waals surface area (Å²) in [5, 5.41) is 3.13. The topological polar surface area (TPSA) is 43.1 Å². The van der Waals surface area contributed by atoms with E-state index in [1.165, 1.54) is 22.9 Å². The normalized spacial score (nSPS) is 12.7.